The monoisotopic (exact) mass is 551 g/mol. The summed E-state index contributed by atoms with van der Waals surface area (Å²) in [5.74, 6) is 0.804. The van der Waals surface area contributed by atoms with Crippen molar-refractivity contribution < 1.29 is 9.53 Å². The number of hydrogen-bond acceptors (Lipinski definition) is 4. The van der Waals surface area contributed by atoms with E-state index in [1.54, 1.807) is 0 Å². The number of para-hydroxylation sites is 1. The van der Waals surface area contributed by atoms with Crippen LogP contribution in [0.5, 0.6) is 5.75 Å². The Morgan fingerprint density at radius 2 is 1.76 bits per heavy atom. The van der Waals surface area contributed by atoms with Crippen LogP contribution in [0.15, 0.2) is 60.7 Å². The molecule has 0 fully saturated rings. The highest BCUT2D eigenvalue weighted by Crippen LogP contribution is 2.39. The van der Waals surface area contributed by atoms with Crippen LogP contribution in [0.3, 0.4) is 0 Å². The summed E-state index contributed by atoms with van der Waals surface area (Å²) in [7, 11) is 0. The number of primary amides is 1. The minimum absolute atomic E-state index is 0.0249. The topological polar surface area (TPSA) is 85.4 Å². The Bertz CT molecular complexity index is 1580. The molecule has 2 amide bonds. The summed E-state index contributed by atoms with van der Waals surface area (Å²) >= 11 is 0. The van der Waals surface area contributed by atoms with Crippen molar-refractivity contribution in [2.45, 2.75) is 73.0 Å². The summed E-state index contributed by atoms with van der Waals surface area (Å²) < 4.78 is 8.35. The van der Waals surface area contributed by atoms with Crippen molar-refractivity contribution >= 4 is 17.4 Å². The number of hydrogen-bond donors (Lipinski definition) is 2. The average Bonchev–Trinajstić information content (AvgIpc) is 3.26. The number of carbonyl (C=O) groups is 1. The summed E-state index contributed by atoms with van der Waals surface area (Å²) in [6.07, 6.45) is 0.860. The molecule has 1 aliphatic heterocycles. The standard InChI is InChI=1S/C34H41N5O2/c1-21(2)41-30-10-8-9-23(4)31(30)39-32(24-12-15-26(16-13-24)36-33(35)40)27-20-38(18-17-28(27)37-39)29-19-25(34(5,6)7)14-11-22(29)3/h8-16,19,21H,17-18,20H2,1-7H3,(H3,35,36,40). The number of urea groups is 1. The van der Waals surface area contributed by atoms with Crippen molar-refractivity contribution in [2.24, 2.45) is 5.73 Å². The average molecular weight is 552 g/mol. The van der Waals surface area contributed by atoms with Gasteiger partial charge in [0.25, 0.3) is 0 Å². The summed E-state index contributed by atoms with van der Waals surface area (Å²) in [6, 6.07) is 20.2. The van der Waals surface area contributed by atoms with Gasteiger partial charge in [-0.15, -0.1) is 0 Å². The van der Waals surface area contributed by atoms with Gasteiger partial charge in [-0.25, -0.2) is 9.48 Å². The van der Waals surface area contributed by atoms with Gasteiger partial charge in [-0.2, -0.15) is 5.10 Å². The molecule has 0 spiro atoms. The Morgan fingerprint density at radius 1 is 1.02 bits per heavy atom. The van der Waals surface area contributed by atoms with Gasteiger partial charge in [-0.05, 0) is 74.1 Å². The summed E-state index contributed by atoms with van der Waals surface area (Å²) in [4.78, 5) is 13.9. The van der Waals surface area contributed by atoms with E-state index >= 15 is 0 Å². The first-order chi connectivity index (χ1) is 19.4. The van der Waals surface area contributed by atoms with Gasteiger partial charge in [0.05, 0.1) is 17.5 Å². The first-order valence-electron chi connectivity index (χ1n) is 14.3. The van der Waals surface area contributed by atoms with Gasteiger partial charge >= 0.3 is 6.03 Å². The molecule has 7 nitrogen and oxygen atoms in total. The maximum atomic E-state index is 11.4. The normalized spacial score (nSPS) is 13.3. The summed E-state index contributed by atoms with van der Waals surface area (Å²) in [5, 5.41) is 7.89. The molecule has 2 heterocycles. The number of fused-ring (bicyclic) bond motifs is 1. The van der Waals surface area contributed by atoms with Gasteiger partial charge in [0.2, 0.25) is 0 Å². The SMILES string of the molecule is Cc1ccc(C(C)(C)C)cc1N1CCc2nn(-c3c(C)cccc3OC(C)C)c(-c3ccc(NC(N)=O)cc3)c2C1. The molecule has 0 bridgehead atoms. The molecule has 4 aromatic rings. The number of amides is 2. The van der Waals surface area contributed by atoms with Crippen LogP contribution in [0.1, 0.15) is 62.6 Å². The van der Waals surface area contributed by atoms with Crippen LogP contribution in [-0.2, 0) is 18.4 Å². The van der Waals surface area contributed by atoms with Crippen molar-refractivity contribution in [1.29, 1.82) is 0 Å². The number of carbonyl (C=O) groups excluding carboxylic acids is 1. The minimum atomic E-state index is -0.584. The fraction of sp³-hybridized carbons (Fsp3) is 0.353. The van der Waals surface area contributed by atoms with E-state index in [0.717, 1.165) is 53.5 Å². The molecule has 5 rings (SSSR count). The van der Waals surface area contributed by atoms with Crippen LogP contribution in [-0.4, -0.2) is 28.5 Å². The third-order valence-electron chi connectivity index (χ3n) is 7.65. The van der Waals surface area contributed by atoms with Crippen LogP contribution < -0.4 is 20.7 Å². The summed E-state index contributed by atoms with van der Waals surface area (Å²) in [5.41, 5.74) is 16.3. The Balaban J connectivity index is 1.67. The third-order valence-corrected chi connectivity index (χ3v) is 7.65. The lowest BCUT2D eigenvalue weighted by Crippen LogP contribution is -2.31. The molecule has 7 heteroatoms. The fourth-order valence-corrected chi connectivity index (χ4v) is 5.56. The Morgan fingerprint density at radius 3 is 2.41 bits per heavy atom. The second-order valence-corrected chi connectivity index (χ2v) is 12.3. The smallest absolute Gasteiger partial charge is 0.316 e. The number of benzene rings is 3. The second kappa shape index (κ2) is 11.0. The molecule has 41 heavy (non-hydrogen) atoms. The highest BCUT2D eigenvalue weighted by atomic mass is 16.5. The van der Waals surface area contributed by atoms with Crippen molar-refractivity contribution in [3.8, 4) is 22.7 Å². The molecule has 0 unspecified atom stereocenters. The third kappa shape index (κ3) is 5.80. The molecule has 1 aromatic heterocycles. The highest BCUT2D eigenvalue weighted by Gasteiger charge is 2.29. The number of aryl methyl sites for hydroxylation is 2. The van der Waals surface area contributed by atoms with Crippen molar-refractivity contribution in [1.82, 2.24) is 9.78 Å². The zero-order valence-electron chi connectivity index (χ0n) is 25.2. The molecule has 0 saturated carbocycles. The number of ether oxygens (including phenoxy) is 1. The van der Waals surface area contributed by atoms with Crippen LogP contribution >= 0.6 is 0 Å². The molecule has 214 valence electrons. The van der Waals surface area contributed by atoms with Crippen LogP contribution in [0.4, 0.5) is 16.2 Å². The molecular weight excluding hydrogens is 510 g/mol. The minimum Gasteiger partial charge on any atom is -0.489 e. The number of anilines is 2. The predicted octanol–water partition coefficient (Wildman–Crippen LogP) is 7.29. The molecule has 1 aliphatic rings. The summed E-state index contributed by atoms with van der Waals surface area (Å²) in [6.45, 7) is 16.8. The van der Waals surface area contributed by atoms with E-state index in [-0.39, 0.29) is 11.5 Å². The molecule has 3 aromatic carbocycles. The zero-order chi connectivity index (χ0) is 29.5. The van der Waals surface area contributed by atoms with Crippen LogP contribution in [0, 0.1) is 13.8 Å². The molecule has 3 N–H and O–H groups in total. The van der Waals surface area contributed by atoms with Gasteiger partial charge in [-0.1, -0.05) is 57.2 Å². The lowest BCUT2D eigenvalue weighted by atomic mass is 9.86. The quantitative estimate of drug-likeness (QED) is 0.263. The van der Waals surface area contributed by atoms with E-state index in [9.17, 15) is 4.79 Å². The maximum Gasteiger partial charge on any atom is 0.316 e. The molecular formula is C34H41N5O2. The zero-order valence-corrected chi connectivity index (χ0v) is 25.2. The Kier molecular flexibility index (Phi) is 7.56. The van der Waals surface area contributed by atoms with Crippen LogP contribution in [0.2, 0.25) is 0 Å². The number of aromatic nitrogens is 2. The van der Waals surface area contributed by atoms with Gasteiger partial charge in [-0.3, -0.25) is 0 Å². The Hall–Kier alpha value is -4.26. The predicted molar refractivity (Wildman–Crippen MR) is 167 cm³/mol. The van der Waals surface area contributed by atoms with E-state index in [0.29, 0.717) is 5.69 Å². The van der Waals surface area contributed by atoms with Gasteiger partial charge in [0.15, 0.2) is 0 Å². The lowest BCUT2D eigenvalue weighted by molar-refractivity contribution is 0.241. The van der Waals surface area contributed by atoms with Gasteiger partial charge in [0, 0.05) is 42.0 Å². The number of nitrogens with two attached hydrogens (primary N) is 1. The molecule has 0 atom stereocenters. The molecule has 0 radical (unpaired) electrons. The first-order valence-corrected chi connectivity index (χ1v) is 14.3. The number of nitrogens with one attached hydrogen (secondary N) is 1. The van der Waals surface area contributed by atoms with E-state index in [1.807, 2.05) is 50.2 Å². The lowest BCUT2D eigenvalue weighted by Gasteiger charge is -2.32. The Labute approximate surface area is 243 Å². The van der Waals surface area contributed by atoms with E-state index in [2.05, 4.69) is 73.8 Å². The van der Waals surface area contributed by atoms with Crippen molar-refractivity contribution in [2.75, 3.05) is 16.8 Å². The van der Waals surface area contributed by atoms with E-state index < -0.39 is 6.03 Å². The largest absolute Gasteiger partial charge is 0.489 e. The molecule has 0 saturated heterocycles. The van der Waals surface area contributed by atoms with Gasteiger partial charge < -0.3 is 20.7 Å². The number of nitrogens with zero attached hydrogens (tertiary/aromatic N) is 3. The number of rotatable bonds is 6. The van der Waals surface area contributed by atoms with Gasteiger partial charge in [0.1, 0.15) is 11.4 Å². The van der Waals surface area contributed by atoms with Crippen molar-refractivity contribution in [3.63, 3.8) is 0 Å². The maximum absolute atomic E-state index is 11.4. The van der Waals surface area contributed by atoms with Crippen LogP contribution in [0.25, 0.3) is 16.9 Å². The first kappa shape index (κ1) is 28.3. The fourth-order valence-electron chi connectivity index (χ4n) is 5.56. The molecule has 0 aliphatic carbocycles. The van der Waals surface area contributed by atoms with E-state index in [4.69, 9.17) is 15.6 Å². The highest BCUT2D eigenvalue weighted by molar-refractivity contribution is 5.88. The van der Waals surface area contributed by atoms with Crippen molar-refractivity contribution in [3.05, 3.63) is 88.6 Å². The van der Waals surface area contributed by atoms with E-state index in [1.165, 1.54) is 22.4 Å². The second-order valence-electron chi connectivity index (χ2n) is 12.3.